The number of ether oxygens (including phenoxy) is 1. The van der Waals surface area contributed by atoms with Gasteiger partial charge in [0.25, 0.3) is 0 Å². The standard InChI is InChI=1S/C13H18N2O2/c1-10(11-5-3-2-4-6-11)14-13(16)15-12-7-8-17-9-12/h2-6,10,12H,7-9H2,1H3,(H2,14,15,16)/t10-,12?/m0/s1. The summed E-state index contributed by atoms with van der Waals surface area (Å²) < 4.78 is 5.21. The van der Waals surface area contributed by atoms with Crippen LogP contribution < -0.4 is 10.6 Å². The summed E-state index contributed by atoms with van der Waals surface area (Å²) in [7, 11) is 0. The third-order valence-electron chi connectivity index (χ3n) is 2.91. The lowest BCUT2D eigenvalue weighted by molar-refractivity contribution is 0.188. The number of carbonyl (C=O) groups excluding carboxylic acids is 1. The van der Waals surface area contributed by atoms with E-state index in [-0.39, 0.29) is 18.1 Å². The molecule has 0 saturated carbocycles. The minimum Gasteiger partial charge on any atom is -0.379 e. The summed E-state index contributed by atoms with van der Waals surface area (Å²) in [4.78, 5) is 11.7. The highest BCUT2D eigenvalue weighted by Crippen LogP contribution is 2.11. The zero-order valence-electron chi connectivity index (χ0n) is 9.98. The van der Waals surface area contributed by atoms with Crippen LogP contribution in [0, 0.1) is 0 Å². The lowest BCUT2D eigenvalue weighted by Crippen LogP contribution is -2.43. The van der Waals surface area contributed by atoms with Gasteiger partial charge in [-0.15, -0.1) is 0 Å². The van der Waals surface area contributed by atoms with Crippen molar-refractivity contribution in [1.82, 2.24) is 10.6 Å². The molecular formula is C13H18N2O2. The van der Waals surface area contributed by atoms with Crippen LogP contribution in [-0.2, 0) is 4.74 Å². The van der Waals surface area contributed by atoms with Crippen molar-refractivity contribution in [3.05, 3.63) is 35.9 Å². The Morgan fingerprint density at radius 3 is 2.82 bits per heavy atom. The minimum absolute atomic E-state index is 0.0125. The van der Waals surface area contributed by atoms with Crippen LogP contribution in [0.1, 0.15) is 24.9 Å². The maximum absolute atomic E-state index is 11.7. The fourth-order valence-corrected chi connectivity index (χ4v) is 1.90. The van der Waals surface area contributed by atoms with Crippen molar-refractivity contribution in [2.24, 2.45) is 0 Å². The quantitative estimate of drug-likeness (QED) is 0.838. The highest BCUT2D eigenvalue weighted by Gasteiger charge is 2.18. The van der Waals surface area contributed by atoms with E-state index >= 15 is 0 Å². The van der Waals surface area contributed by atoms with Crippen LogP contribution in [0.5, 0.6) is 0 Å². The molecule has 0 aliphatic carbocycles. The van der Waals surface area contributed by atoms with E-state index in [0.717, 1.165) is 18.6 Å². The maximum atomic E-state index is 11.7. The summed E-state index contributed by atoms with van der Waals surface area (Å²) in [6, 6.07) is 9.94. The second kappa shape index (κ2) is 5.68. The molecule has 1 aromatic carbocycles. The molecule has 1 aliphatic rings. The number of benzene rings is 1. The first kappa shape index (κ1) is 11.9. The molecule has 0 bridgehead atoms. The molecular weight excluding hydrogens is 216 g/mol. The Morgan fingerprint density at radius 2 is 2.18 bits per heavy atom. The molecule has 2 amide bonds. The van der Waals surface area contributed by atoms with Crippen molar-refractivity contribution in [3.8, 4) is 0 Å². The second-order valence-electron chi connectivity index (χ2n) is 4.31. The van der Waals surface area contributed by atoms with Crippen molar-refractivity contribution in [2.75, 3.05) is 13.2 Å². The summed E-state index contributed by atoms with van der Waals surface area (Å²) in [6.07, 6.45) is 0.896. The van der Waals surface area contributed by atoms with Crippen LogP contribution in [0.25, 0.3) is 0 Å². The van der Waals surface area contributed by atoms with Gasteiger partial charge >= 0.3 is 6.03 Å². The Kier molecular flexibility index (Phi) is 3.98. The molecule has 0 aromatic heterocycles. The first-order chi connectivity index (χ1) is 8.25. The average Bonchev–Trinajstić information content (AvgIpc) is 2.82. The van der Waals surface area contributed by atoms with Crippen molar-refractivity contribution < 1.29 is 9.53 Å². The van der Waals surface area contributed by atoms with Gasteiger partial charge in [0.15, 0.2) is 0 Å². The van der Waals surface area contributed by atoms with Crippen LogP contribution in [0.3, 0.4) is 0 Å². The fourth-order valence-electron chi connectivity index (χ4n) is 1.90. The van der Waals surface area contributed by atoms with Gasteiger partial charge in [0.2, 0.25) is 0 Å². The number of hydrogen-bond donors (Lipinski definition) is 2. The minimum atomic E-state index is -0.128. The first-order valence-electron chi connectivity index (χ1n) is 5.95. The van der Waals surface area contributed by atoms with E-state index in [0.29, 0.717) is 6.61 Å². The monoisotopic (exact) mass is 234 g/mol. The lowest BCUT2D eigenvalue weighted by Gasteiger charge is -2.17. The molecule has 4 heteroatoms. The van der Waals surface area contributed by atoms with E-state index in [1.54, 1.807) is 0 Å². The van der Waals surface area contributed by atoms with E-state index in [4.69, 9.17) is 4.74 Å². The van der Waals surface area contributed by atoms with Crippen LogP contribution in [-0.4, -0.2) is 25.3 Å². The Morgan fingerprint density at radius 1 is 1.41 bits per heavy atom. The predicted molar refractivity (Wildman–Crippen MR) is 65.7 cm³/mol. The Bertz CT molecular complexity index is 361. The van der Waals surface area contributed by atoms with E-state index < -0.39 is 0 Å². The normalized spacial score (nSPS) is 20.9. The lowest BCUT2D eigenvalue weighted by atomic mass is 10.1. The summed E-state index contributed by atoms with van der Waals surface area (Å²) in [6.45, 7) is 3.33. The largest absolute Gasteiger partial charge is 0.379 e. The van der Waals surface area contributed by atoms with Crippen molar-refractivity contribution in [3.63, 3.8) is 0 Å². The molecule has 92 valence electrons. The number of urea groups is 1. The maximum Gasteiger partial charge on any atom is 0.315 e. The molecule has 1 aliphatic heterocycles. The van der Waals surface area contributed by atoms with Crippen molar-refractivity contribution in [2.45, 2.75) is 25.4 Å². The van der Waals surface area contributed by atoms with Gasteiger partial charge in [-0.1, -0.05) is 30.3 Å². The fraction of sp³-hybridized carbons (Fsp3) is 0.462. The van der Waals surface area contributed by atoms with Gasteiger partial charge in [0.05, 0.1) is 18.7 Å². The summed E-state index contributed by atoms with van der Waals surface area (Å²) >= 11 is 0. The van der Waals surface area contributed by atoms with Crippen LogP contribution in [0.15, 0.2) is 30.3 Å². The predicted octanol–water partition coefficient (Wildman–Crippen LogP) is 1.84. The molecule has 1 aromatic rings. The molecule has 0 radical (unpaired) electrons. The van der Waals surface area contributed by atoms with Crippen LogP contribution in [0.2, 0.25) is 0 Å². The van der Waals surface area contributed by atoms with Crippen molar-refractivity contribution >= 4 is 6.03 Å². The molecule has 1 heterocycles. The van der Waals surface area contributed by atoms with E-state index in [1.807, 2.05) is 37.3 Å². The summed E-state index contributed by atoms with van der Waals surface area (Å²) in [5.41, 5.74) is 1.10. The van der Waals surface area contributed by atoms with Gasteiger partial charge in [-0.25, -0.2) is 4.79 Å². The molecule has 1 unspecified atom stereocenters. The summed E-state index contributed by atoms with van der Waals surface area (Å²) in [5.74, 6) is 0. The Labute approximate surface area is 101 Å². The average molecular weight is 234 g/mol. The van der Waals surface area contributed by atoms with E-state index in [2.05, 4.69) is 10.6 Å². The summed E-state index contributed by atoms with van der Waals surface area (Å²) in [5, 5.41) is 5.82. The molecule has 1 saturated heterocycles. The molecule has 1 fully saturated rings. The zero-order valence-corrected chi connectivity index (χ0v) is 9.98. The van der Waals surface area contributed by atoms with E-state index in [9.17, 15) is 4.79 Å². The van der Waals surface area contributed by atoms with Gasteiger partial charge in [-0.2, -0.15) is 0 Å². The van der Waals surface area contributed by atoms with Crippen molar-refractivity contribution in [1.29, 1.82) is 0 Å². The smallest absolute Gasteiger partial charge is 0.315 e. The second-order valence-corrected chi connectivity index (χ2v) is 4.31. The molecule has 2 atom stereocenters. The van der Waals surface area contributed by atoms with Gasteiger partial charge in [-0.05, 0) is 18.9 Å². The molecule has 0 spiro atoms. The highest BCUT2D eigenvalue weighted by atomic mass is 16.5. The van der Waals surface area contributed by atoms with Crippen LogP contribution in [0.4, 0.5) is 4.79 Å². The number of carbonyl (C=O) groups is 1. The SMILES string of the molecule is C[C@H](NC(=O)NC1CCOC1)c1ccccc1. The van der Waals surface area contributed by atoms with E-state index in [1.165, 1.54) is 0 Å². The van der Waals surface area contributed by atoms with Gasteiger partial charge in [0, 0.05) is 6.61 Å². The molecule has 17 heavy (non-hydrogen) atoms. The molecule has 2 rings (SSSR count). The Hall–Kier alpha value is -1.55. The third kappa shape index (κ3) is 3.46. The number of hydrogen-bond acceptors (Lipinski definition) is 2. The van der Waals surface area contributed by atoms with Gasteiger partial charge in [0.1, 0.15) is 0 Å². The molecule has 2 N–H and O–H groups in total. The molecule has 4 nitrogen and oxygen atoms in total. The number of amides is 2. The number of rotatable bonds is 3. The Balaban J connectivity index is 1.81. The highest BCUT2D eigenvalue weighted by molar-refractivity contribution is 5.74. The topological polar surface area (TPSA) is 50.4 Å². The zero-order chi connectivity index (χ0) is 12.1. The van der Waals surface area contributed by atoms with Crippen LogP contribution >= 0.6 is 0 Å². The van der Waals surface area contributed by atoms with Gasteiger partial charge < -0.3 is 15.4 Å². The third-order valence-corrected chi connectivity index (χ3v) is 2.91. The first-order valence-corrected chi connectivity index (χ1v) is 5.95. The van der Waals surface area contributed by atoms with Gasteiger partial charge in [-0.3, -0.25) is 0 Å². The number of nitrogens with one attached hydrogen (secondary N) is 2.